The van der Waals surface area contributed by atoms with Gasteiger partial charge in [-0.2, -0.15) is 0 Å². The Morgan fingerprint density at radius 3 is 2.79 bits per heavy atom. The molecule has 0 amide bonds. The average Bonchev–Trinajstić information content (AvgIpc) is 2.42. The van der Waals surface area contributed by atoms with Crippen molar-refractivity contribution >= 4 is 0 Å². The highest BCUT2D eigenvalue weighted by Crippen LogP contribution is 2.19. The molecule has 0 bridgehead atoms. The van der Waals surface area contributed by atoms with E-state index >= 15 is 0 Å². The van der Waals surface area contributed by atoms with Gasteiger partial charge in [-0.05, 0) is 56.5 Å². The van der Waals surface area contributed by atoms with Gasteiger partial charge in [-0.15, -0.1) is 0 Å². The molecule has 0 spiro atoms. The minimum Gasteiger partial charge on any atom is -0.493 e. The van der Waals surface area contributed by atoms with Gasteiger partial charge in [-0.1, -0.05) is 19.3 Å². The molecular weight excluding hydrogens is 241 g/mol. The lowest BCUT2D eigenvalue weighted by Crippen LogP contribution is -2.32. The monoisotopic (exact) mass is 265 g/mol. The van der Waals surface area contributed by atoms with Crippen LogP contribution >= 0.6 is 0 Å². The summed E-state index contributed by atoms with van der Waals surface area (Å²) in [4.78, 5) is 0. The molecule has 0 atom stereocenters. The molecule has 3 heteroatoms. The van der Waals surface area contributed by atoms with Crippen molar-refractivity contribution in [1.29, 1.82) is 0 Å². The first-order valence-electron chi connectivity index (χ1n) is 7.38. The van der Waals surface area contributed by atoms with Crippen LogP contribution in [0.15, 0.2) is 18.2 Å². The minimum absolute atomic E-state index is 0.205. The van der Waals surface area contributed by atoms with Crippen molar-refractivity contribution in [3.8, 4) is 5.75 Å². The van der Waals surface area contributed by atoms with Crippen molar-refractivity contribution in [2.75, 3.05) is 13.2 Å². The normalized spacial score (nSPS) is 16.5. The Morgan fingerprint density at radius 1 is 1.26 bits per heavy atom. The molecular formula is C16H24FNO. The summed E-state index contributed by atoms with van der Waals surface area (Å²) in [6, 6.07) is 5.37. The minimum atomic E-state index is -0.205. The third kappa shape index (κ3) is 4.83. The molecule has 1 aliphatic carbocycles. The average molecular weight is 265 g/mol. The second-order valence-electron chi connectivity index (χ2n) is 5.40. The Morgan fingerprint density at radius 2 is 2.05 bits per heavy atom. The lowest BCUT2D eigenvalue weighted by atomic mass is 9.95. The highest BCUT2D eigenvalue weighted by molar-refractivity contribution is 5.32. The fourth-order valence-electron chi connectivity index (χ4n) is 2.64. The van der Waals surface area contributed by atoms with Crippen molar-refractivity contribution in [2.24, 2.45) is 0 Å². The van der Waals surface area contributed by atoms with Crippen LogP contribution in [0.3, 0.4) is 0 Å². The predicted octanol–water partition coefficient (Wildman–Crippen LogP) is 3.83. The van der Waals surface area contributed by atoms with E-state index in [1.54, 1.807) is 6.07 Å². The van der Waals surface area contributed by atoms with Crippen molar-refractivity contribution < 1.29 is 9.13 Å². The number of nitrogens with one attached hydrogen (secondary N) is 1. The van der Waals surface area contributed by atoms with Gasteiger partial charge >= 0.3 is 0 Å². The van der Waals surface area contributed by atoms with Crippen LogP contribution in [0.5, 0.6) is 5.75 Å². The zero-order chi connectivity index (χ0) is 13.5. The van der Waals surface area contributed by atoms with Gasteiger partial charge < -0.3 is 10.1 Å². The maximum absolute atomic E-state index is 12.9. The van der Waals surface area contributed by atoms with Crippen molar-refractivity contribution in [3.63, 3.8) is 0 Å². The Hall–Kier alpha value is -1.09. The lowest BCUT2D eigenvalue weighted by molar-refractivity contribution is 0.295. The van der Waals surface area contributed by atoms with E-state index in [4.69, 9.17) is 4.74 Å². The van der Waals surface area contributed by atoms with Gasteiger partial charge in [0.2, 0.25) is 0 Å². The Kier molecular flexibility index (Phi) is 5.64. The first kappa shape index (κ1) is 14.3. The summed E-state index contributed by atoms with van der Waals surface area (Å²) in [6.07, 6.45) is 7.75. The number of hydrogen-bond acceptors (Lipinski definition) is 2. The molecule has 0 aromatic heterocycles. The van der Waals surface area contributed by atoms with Crippen LogP contribution in [0.4, 0.5) is 4.39 Å². The van der Waals surface area contributed by atoms with E-state index < -0.39 is 0 Å². The van der Waals surface area contributed by atoms with E-state index in [-0.39, 0.29) is 5.82 Å². The summed E-state index contributed by atoms with van der Waals surface area (Å²) in [6.45, 7) is 3.57. The van der Waals surface area contributed by atoms with E-state index in [1.807, 2.05) is 6.92 Å². The number of halogens is 1. The van der Waals surface area contributed by atoms with Crippen LogP contribution in [0.2, 0.25) is 0 Å². The second-order valence-corrected chi connectivity index (χ2v) is 5.40. The molecule has 19 heavy (non-hydrogen) atoms. The van der Waals surface area contributed by atoms with Gasteiger partial charge in [0.1, 0.15) is 11.6 Å². The van der Waals surface area contributed by atoms with E-state index in [1.165, 1.54) is 44.2 Å². The van der Waals surface area contributed by atoms with Crippen molar-refractivity contribution in [3.05, 3.63) is 29.6 Å². The number of benzene rings is 1. The SMILES string of the molecule is Cc1cc(F)ccc1OCCCNC1CCCCC1. The molecule has 0 saturated heterocycles. The molecule has 0 radical (unpaired) electrons. The Bertz CT molecular complexity index is 388. The summed E-state index contributed by atoms with van der Waals surface area (Å²) in [7, 11) is 0. The predicted molar refractivity (Wildman–Crippen MR) is 76.1 cm³/mol. The lowest BCUT2D eigenvalue weighted by Gasteiger charge is -2.22. The molecule has 0 aliphatic heterocycles. The standard InChI is InChI=1S/C16H24FNO/c1-13-12-14(17)8-9-16(13)19-11-5-10-18-15-6-3-2-4-7-15/h8-9,12,15,18H,2-7,10-11H2,1H3. The Balaban J connectivity index is 1.61. The first-order valence-corrected chi connectivity index (χ1v) is 7.38. The maximum Gasteiger partial charge on any atom is 0.123 e. The zero-order valence-electron chi connectivity index (χ0n) is 11.8. The molecule has 1 N–H and O–H groups in total. The van der Waals surface area contributed by atoms with Gasteiger partial charge in [0.05, 0.1) is 6.61 Å². The van der Waals surface area contributed by atoms with Gasteiger partial charge in [-0.3, -0.25) is 0 Å². The van der Waals surface area contributed by atoms with Crippen molar-refractivity contribution in [1.82, 2.24) is 5.32 Å². The van der Waals surface area contributed by atoms with Crippen LogP contribution in [-0.2, 0) is 0 Å². The molecule has 1 aliphatic rings. The van der Waals surface area contributed by atoms with Crippen molar-refractivity contribution in [2.45, 2.75) is 51.5 Å². The van der Waals surface area contributed by atoms with Gasteiger partial charge in [0.15, 0.2) is 0 Å². The number of aryl methyl sites for hydroxylation is 1. The summed E-state index contributed by atoms with van der Waals surface area (Å²) < 4.78 is 18.6. The molecule has 2 nitrogen and oxygen atoms in total. The fourth-order valence-corrected chi connectivity index (χ4v) is 2.64. The van der Waals surface area contributed by atoms with Gasteiger partial charge in [0.25, 0.3) is 0 Å². The quantitative estimate of drug-likeness (QED) is 0.789. The summed E-state index contributed by atoms with van der Waals surface area (Å²) in [5.41, 5.74) is 0.861. The molecule has 1 aromatic carbocycles. The molecule has 106 valence electrons. The van der Waals surface area contributed by atoms with Gasteiger partial charge in [0, 0.05) is 6.04 Å². The zero-order valence-corrected chi connectivity index (χ0v) is 11.8. The van der Waals surface area contributed by atoms with E-state index in [0.717, 1.165) is 24.3 Å². The van der Waals surface area contributed by atoms with Crippen LogP contribution in [0, 0.1) is 12.7 Å². The summed E-state index contributed by atoms with van der Waals surface area (Å²) in [5.74, 6) is 0.586. The fraction of sp³-hybridized carbons (Fsp3) is 0.625. The largest absolute Gasteiger partial charge is 0.493 e. The smallest absolute Gasteiger partial charge is 0.123 e. The second kappa shape index (κ2) is 7.49. The van der Waals surface area contributed by atoms with E-state index in [2.05, 4.69) is 5.32 Å². The van der Waals surface area contributed by atoms with Gasteiger partial charge in [-0.25, -0.2) is 4.39 Å². The Labute approximate surface area is 115 Å². The van der Waals surface area contributed by atoms with Crippen LogP contribution in [0.25, 0.3) is 0 Å². The highest BCUT2D eigenvalue weighted by atomic mass is 19.1. The third-order valence-electron chi connectivity index (χ3n) is 3.75. The highest BCUT2D eigenvalue weighted by Gasteiger charge is 2.11. The number of rotatable bonds is 6. The molecule has 1 aromatic rings. The van der Waals surface area contributed by atoms with Crippen LogP contribution < -0.4 is 10.1 Å². The molecule has 0 heterocycles. The maximum atomic E-state index is 12.9. The molecule has 1 saturated carbocycles. The third-order valence-corrected chi connectivity index (χ3v) is 3.75. The number of ether oxygens (including phenoxy) is 1. The molecule has 0 unspecified atom stereocenters. The first-order chi connectivity index (χ1) is 9.25. The topological polar surface area (TPSA) is 21.3 Å². The molecule has 1 fully saturated rings. The number of hydrogen-bond donors (Lipinski definition) is 1. The van der Waals surface area contributed by atoms with E-state index in [0.29, 0.717) is 12.6 Å². The summed E-state index contributed by atoms with van der Waals surface area (Å²) in [5, 5.41) is 3.59. The van der Waals surface area contributed by atoms with Crippen LogP contribution in [0.1, 0.15) is 44.1 Å². The van der Waals surface area contributed by atoms with E-state index in [9.17, 15) is 4.39 Å². The molecule has 2 rings (SSSR count). The van der Waals surface area contributed by atoms with Crippen LogP contribution in [-0.4, -0.2) is 19.2 Å². The summed E-state index contributed by atoms with van der Waals surface area (Å²) >= 11 is 0.